The van der Waals surface area contributed by atoms with E-state index >= 15 is 0 Å². The van der Waals surface area contributed by atoms with Crippen molar-refractivity contribution in [2.24, 2.45) is 0 Å². The molecule has 156 valence electrons. The van der Waals surface area contributed by atoms with Crippen LogP contribution < -0.4 is 10.1 Å². The Kier molecular flexibility index (Phi) is 8.65. The molecule has 0 fully saturated rings. The second kappa shape index (κ2) is 11.2. The number of hydrogen-bond donors (Lipinski definition) is 1. The zero-order valence-electron chi connectivity index (χ0n) is 17.2. The summed E-state index contributed by atoms with van der Waals surface area (Å²) in [6.45, 7) is 5.89. The molecule has 0 unspecified atom stereocenters. The van der Waals surface area contributed by atoms with Gasteiger partial charge in [-0.05, 0) is 49.6 Å². The fourth-order valence-corrected chi connectivity index (χ4v) is 2.90. The first kappa shape index (κ1) is 22.4. The standard InChI is InChI=1S/C23H29FN2O3/c1-4-17(3)25-23(28)21(5-2)26(15-18-9-7-6-8-10-18)22(27)16-29-20-13-11-19(24)12-14-20/h6-14,17,21H,4-5,15-16H2,1-3H3,(H,25,28)/t17-,21+/m0/s1. The van der Waals surface area contributed by atoms with Crippen LogP contribution in [0, 0.1) is 5.82 Å². The summed E-state index contributed by atoms with van der Waals surface area (Å²) in [7, 11) is 0. The van der Waals surface area contributed by atoms with E-state index in [1.807, 2.05) is 51.1 Å². The van der Waals surface area contributed by atoms with Gasteiger partial charge in [0.1, 0.15) is 17.6 Å². The molecule has 0 spiro atoms. The molecule has 2 atom stereocenters. The minimum atomic E-state index is -0.603. The number of nitrogens with zero attached hydrogens (tertiary/aromatic N) is 1. The van der Waals surface area contributed by atoms with Crippen LogP contribution in [-0.2, 0) is 16.1 Å². The zero-order valence-corrected chi connectivity index (χ0v) is 17.2. The number of nitrogens with one attached hydrogen (secondary N) is 1. The fraction of sp³-hybridized carbons (Fsp3) is 0.391. The van der Waals surface area contributed by atoms with E-state index in [0.717, 1.165) is 12.0 Å². The maximum atomic E-state index is 13.1. The van der Waals surface area contributed by atoms with Gasteiger partial charge in [-0.15, -0.1) is 0 Å². The first-order valence-electron chi connectivity index (χ1n) is 9.96. The minimum Gasteiger partial charge on any atom is -0.484 e. The van der Waals surface area contributed by atoms with Gasteiger partial charge in [0.15, 0.2) is 6.61 Å². The summed E-state index contributed by atoms with van der Waals surface area (Å²) < 4.78 is 18.6. The molecule has 0 saturated carbocycles. The van der Waals surface area contributed by atoms with E-state index in [9.17, 15) is 14.0 Å². The van der Waals surface area contributed by atoms with Crippen molar-refractivity contribution in [2.45, 2.75) is 52.2 Å². The number of benzene rings is 2. The molecule has 0 aliphatic heterocycles. The topological polar surface area (TPSA) is 58.6 Å². The predicted octanol–water partition coefficient (Wildman–Crippen LogP) is 3.93. The molecular formula is C23H29FN2O3. The van der Waals surface area contributed by atoms with Crippen molar-refractivity contribution in [2.75, 3.05) is 6.61 Å². The molecule has 2 aromatic carbocycles. The Balaban J connectivity index is 2.16. The molecule has 0 radical (unpaired) electrons. The van der Waals surface area contributed by atoms with E-state index in [4.69, 9.17) is 4.74 Å². The molecule has 1 N–H and O–H groups in total. The highest BCUT2D eigenvalue weighted by Gasteiger charge is 2.29. The van der Waals surface area contributed by atoms with E-state index in [2.05, 4.69) is 5.32 Å². The lowest BCUT2D eigenvalue weighted by atomic mass is 10.1. The summed E-state index contributed by atoms with van der Waals surface area (Å²) in [5.74, 6) is -0.448. The second-order valence-electron chi connectivity index (χ2n) is 6.99. The quantitative estimate of drug-likeness (QED) is 0.657. The van der Waals surface area contributed by atoms with Crippen LogP contribution in [0.3, 0.4) is 0 Å². The zero-order chi connectivity index (χ0) is 21.2. The van der Waals surface area contributed by atoms with E-state index in [1.165, 1.54) is 24.3 Å². The summed E-state index contributed by atoms with van der Waals surface area (Å²) in [4.78, 5) is 27.4. The van der Waals surface area contributed by atoms with Gasteiger partial charge in [0, 0.05) is 12.6 Å². The van der Waals surface area contributed by atoms with Gasteiger partial charge in [0.2, 0.25) is 5.91 Å². The molecule has 2 aromatic rings. The summed E-state index contributed by atoms with van der Waals surface area (Å²) in [6, 6.07) is 14.4. The monoisotopic (exact) mass is 400 g/mol. The van der Waals surface area contributed by atoms with Crippen LogP contribution in [0.2, 0.25) is 0 Å². The summed E-state index contributed by atoms with van der Waals surface area (Å²) in [5, 5.41) is 2.97. The Morgan fingerprint density at radius 3 is 2.28 bits per heavy atom. The number of rotatable bonds is 10. The van der Waals surface area contributed by atoms with Crippen LogP contribution in [-0.4, -0.2) is 35.4 Å². The van der Waals surface area contributed by atoms with Gasteiger partial charge < -0.3 is 15.0 Å². The van der Waals surface area contributed by atoms with Gasteiger partial charge in [-0.25, -0.2) is 4.39 Å². The van der Waals surface area contributed by atoms with Gasteiger partial charge in [-0.1, -0.05) is 44.2 Å². The fourth-order valence-electron chi connectivity index (χ4n) is 2.90. The SMILES string of the molecule is CC[C@H](C(=O)N[C@@H](C)CC)N(Cc1ccccc1)C(=O)COc1ccc(F)cc1. The lowest BCUT2D eigenvalue weighted by molar-refractivity contribution is -0.143. The third-order valence-corrected chi connectivity index (χ3v) is 4.76. The molecule has 6 heteroatoms. The van der Waals surface area contributed by atoms with E-state index in [-0.39, 0.29) is 30.3 Å². The van der Waals surface area contributed by atoms with Crippen LogP contribution >= 0.6 is 0 Å². The second-order valence-corrected chi connectivity index (χ2v) is 6.99. The van der Waals surface area contributed by atoms with Crippen molar-refractivity contribution in [1.82, 2.24) is 10.2 Å². The molecule has 2 rings (SSSR count). The summed E-state index contributed by atoms with van der Waals surface area (Å²) in [5.41, 5.74) is 0.928. The van der Waals surface area contributed by atoms with Crippen molar-refractivity contribution in [3.63, 3.8) is 0 Å². The third kappa shape index (κ3) is 6.89. The maximum absolute atomic E-state index is 13.1. The first-order valence-corrected chi connectivity index (χ1v) is 9.96. The third-order valence-electron chi connectivity index (χ3n) is 4.76. The molecule has 0 heterocycles. The largest absolute Gasteiger partial charge is 0.484 e. The van der Waals surface area contributed by atoms with Crippen molar-refractivity contribution in [3.8, 4) is 5.75 Å². The highest BCUT2D eigenvalue weighted by atomic mass is 19.1. The summed E-state index contributed by atoms with van der Waals surface area (Å²) in [6.07, 6.45) is 1.29. The van der Waals surface area contributed by atoms with Crippen molar-refractivity contribution < 1.29 is 18.7 Å². The van der Waals surface area contributed by atoms with Gasteiger partial charge in [0.25, 0.3) is 5.91 Å². The average molecular weight is 400 g/mol. The minimum absolute atomic E-state index is 0.0284. The molecule has 29 heavy (non-hydrogen) atoms. The lowest BCUT2D eigenvalue weighted by Gasteiger charge is -2.31. The van der Waals surface area contributed by atoms with Gasteiger partial charge in [-0.3, -0.25) is 9.59 Å². The van der Waals surface area contributed by atoms with Gasteiger partial charge in [-0.2, -0.15) is 0 Å². The molecule has 0 saturated heterocycles. The van der Waals surface area contributed by atoms with E-state index in [1.54, 1.807) is 4.90 Å². The normalized spacial score (nSPS) is 12.7. The molecule has 2 amide bonds. The highest BCUT2D eigenvalue weighted by Crippen LogP contribution is 2.15. The first-order chi connectivity index (χ1) is 13.9. The van der Waals surface area contributed by atoms with Crippen molar-refractivity contribution in [3.05, 3.63) is 66.0 Å². The molecule has 0 aromatic heterocycles. The van der Waals surface area contributed by atoms with Crippen LogP contribution in [0.4, 0.5) is 4.39 Å². The number of hydrogen-bond acceptors (Lipinski definition) is 3. The van der Waals surface area contributed by atoms with Crippen molar-refractivity contribution in [1.29, 1.82) is 0 Å². The smallest absolute Gasteiger partial charge is 0.261 e. The maximum Gasteiger partial charge on any atom is 0.261 e. The molecule has 0 aliphatic carbocycles. The number of amides is 2. The Morgan fingerprint density at radius 2 is 1.69 bits per heavy atom. The molecule has 0 bridgehead atoms. The van der Waals surface area contributed by atoms with Crippen LogP contribution in [0.1, 0.15) is 39.2 Å². The average Bonchev–Trinajstić information content (AvgIpc) is 2.73. The van der Waals surface area contributed by atoms with Crippen molar-refractivity contribution >= 4 is 11.8 Å². The molecule has 5 nitrogen and oxygen atoms in total. The number of carbonyl (C=O) groups is 2. The Hall–Kier alpha value is -2.89. The number of carbonyl (C=O) groups excluding carboxylic acids is 2. The Bertz CT molecular complexity index is 780. The Labute approximate surface area is 171 Å². The number of ether oxygens (including phenoxy) is 1. The highest BCUT2D eigenvalue weighted by molar-refractivity contribution is 5.88. The lowest BCUT2D eigenvalue weighted by Crippen LogP contribution is -2.51. The van der Waals surface area contributed by atoms with E-state index < -0.39 is 6.04 Å². The van der Waals surface area contributed by atoms with Crippen LogP contribution in [0.25, 0.3) is 0 Å². The van der Waals surface area contributed by atoms with Crippen LogP contribution in [0.5, 0.6) is 5.75 Å². The van der Waals surface area contributed by atoms with E-state index in [0.29, 0.717) is 18.7 Å². The predicted molar refractivity (Wildman–Crippen MR) is 111 cm³/mol. The molecule has 0 aliphatic rings. The van der Waals surface area contributed by atoms with Crippen LogP contribution in [0.15, 0.2) is 54.6 Å². The Morgan fingerprint density at radius 1 is 1.03 bits per heavy atom. The molecular weight excluding hydrogens is 371 g/mol. The van der Waals surface area contributed by atoms with Gasteiger partial charge >= 0.3 is 0 Å². The number of halogens is 1. The van der Waals surface area contributed by atoms with Gasteiger partial charge in [0.05, 0.1) is 0 Å². The summed E-state index contributed by atoms with van der Waals surface area (Å²) >= 11 is 0.